The minimum Gasteiger partial charge on any atom is -0.481 e. The number of rotatable bonds is 7. The lowest BCUT2D eigenvalue weighted by atomic mass is 9.94. The maximum Gasteiger partial charge on any atom is 0.303 e. The number of carbonyl (C=O) groups is 1. The van der Waals surface area contributed by atoms with Crippen LogP contribution >= 0.6 is 0 Å². The molecule has 0 fully saturated rings. The molecule has 0 heterocycles. The van der Waals surface area contributed by atoms with Gasteiger partial charge < -0.3 is 10.4 Å². The molecule has 0 bridgehead atoms. The molecule has 0 aromatic carbocycles. The van der Waals surface area contributed by atoms with Crippen molar-refractivity contribution in [2.45, 2.75) is 46.6 Å². The summed E-state index contributed by atoms with van der Waals surface area (Å²) in [7, 11) is 0. The van der Waals surface area contributed by atoms with E-state index in [0.29, 0.717) is 12.0 Å². The number of hydrogen-bond donors (Lipinski definition) is 2. The summed E-state index contributed by atoms with van der Waals surface area (Å²) < 4.78 is 0. The van der Waals surface area contributed by atoms with Crippen LogP contribution in [0, 0.1) is 11.8 Å². The molecule has 3 heteroatoms. The first-order valence-corrected chi connectivity index (χ1v) is 5.37. The second-order valence-electron chi connectivity index (χ2n) is 4.66. The quantitative estimate of drug-likeness (QED) is 0.663. The zero-order chi connectivity index (χ0) is 11.1. The molecule has 0 aromatic rings. The molecule has 0 spiro atoms. The topological polar surface area (TPSA) is 49.3 Å². The summed E-state index contributed by atoms with van der Waals surface area (Å²) in [6.45, 7) is 9.22. The second-order valence-corrected chi connectivity index (χ2v) is 4.66. The highest BCUT2D eigenvalue weighted by atomic mass is 16.4. The third kappa shape index (κ3) is 8.05. The standard InChI is InChI=1S/C11H23NO2/c1-8(2)5-10(6-11(13)14)7-12-9(3)4/h8-10,12H,5-7H2,1-4H3,(H,13,14). The Balaban J connectivity index is 3.90. The van der Waals surface area contributed by atoms with Gasteiger partial charge in [0.25, 0.3) is 0 Å². The zero-order valence-electron chi connectivity index (χ0n) is 9.71. The van der Waals surface area contributed by atoms with Gasteiger partial charge in [-0.1, -0.05) is 27.7 Å². The molecular formula is C11H23NO2. The van der Waals surface area contributed by atoms with Crippen LogP contribution in [0.3, 0.4) is 0 Å². The van der Waals surface area contributed by atoms with Gasteiger partial charge in [-0.3, -0.25) is 4.79 Å². The summed E-state index contributed by atoms with van der Waals surface area (Å²) in [6, 6.07) is 0.429. The van der Waals surface area contributed by atoms with Crippen LogP contribution < -0.4 is 5.32 Å². The third-order valence-electron chi connectivity index (χ3n) is 2.08. The Morgan fingerprint density at radius 1 is 1.29 bits per heavy atom. The molecule has 0 amide bonds. The van der Waals surface area contributed by atoms with Crippen molar-refractivity contribution in [2.24, 2.45) is 11.8 Å². The Kier molecular flexibility index (Phi) is 6.54. The van der Waals surface area contributed by atoms with Gasteiger partial charge in [-0.15, -0.1) is 0 Å². The average molecular weight is 201 g/mol. The molecule has 0 saturated heterocycles. The lowest BCUT2D eigenvalue weighted by molar-refractivity contribution is -0.138. The predicted octanol–water partition coefficient (Wildman–Crippen LogP) is 2.12. The molecule has 0 rings (SSSR count). The monoisotopic (exact) mass is 201 g/mol. The predicted molar refractivity (Wildman–Crippen MR) is 58.3 cm³/mol. The van der Waals surface area contributed by atoms with Crippen molar-refractivity contribution in [1.29, 1.82) is 0 Å². The maximum absolute atomic E-state index is 10.6. The molecule has 2 N–H and O–H groups in total. The maximum atomic E-state index is 10.6. The van der Waals surface area contributed by atoms with E-state index in [9.17, 15) is 4.79 Å². The summed E-state index contributed by atoms with van der Waals surface area (Å²) >= 11 is 0. The van der Waals surface area contributed by atoms with Crippen molar-refractivity contribution >= 4 is 5.97 Å². The van der Waals surface area contributed by atoms with Crippen molar-refractivity contribution in [3.05, 3.63) is 0 Å². The highest BCUT2D eigenvalue weighted by molar-refractivity contribution is 5.67. The summed E-state index contributed by atoms with van der Waals surface area (Å²) in [5.41, 5.74) is 0. The van der Waals surface area contributed by atoms with E-state index < -0.39 is 5.97 Å². The van der Waals surface area contributed by atoms with Gasteiger partial charge in [0.15, 0.2) is 0 Å². The molecule has 0 radical (unpaired) electrons. The first-order chi connectivity index (χ1) is 6.41. The van der Waals surface area contributed by atoms with E-state index in [4.69, 9.17) is 5.11 Å². The highest BCUT2D eigenvalue weighted by Gasteiger charge is 2.14. The number of hydrogen-bond acceptors (Lipinski definition) is 2. The molecule has 3 nitrogen and oxygen atoms in total. The van der Waals surface area contributed by atoms with Crippen LogP contribution in [0.5, 0.6) is 0 Å². The van der Waals surface area contributed by atoms with E-state index in [1.54, 1.807) is 0 Å². The molecule has 1 atom stereocenters. The Bertz CT molecular complexity index is 167. The van der Waals surface area contributed by atoms with E-state index in [0.717, 1.165) is 13.0 Å². The third-order valence-corrected chi connectivity index (χ3v) is 2.08. The fourth-order valence-electron chi connectivity index (χ4n) is 1.55. The minimum absolute atomic E-state index is 0.259. The van der Waals surface area contributed by atoms with Gasteiger partial charge >= 0.3 is 5.97 Å². The first-order valence-electron chi connectivity index (χ1n) is 5.37. The Morgan fingerprint density at radius 3 is 2.21 bits per heavy atom. The number of carboxylic acid groups (broad SMARTS) is 1. The first kappa shape index (κ1) is 13.4. The summed E-state index contributed by atoms with van der Waals surface area (Å²) in [4.78, 5) is 10.6. The number of aliphatic carboxylic acids is 1. The van der Waals surface area contributed by atoms with Crippen LogP contribution in [0.4, 0.5) is 0 Å². The Hall–Kier alpha value is -0.570. The SMILES string of the molecule is CC(C)CC(CNC(C)C)CC(=O)O. The van der Waals surface area contributed by atoms with Crippen molar-refractivity contribution in [2.75, 3.05) is 6.54 Å². The molecule has 0 aromatic heterocycles. The van der Waals surface area contributed by atoms with Crippen molar-refractivity contribution < 1.29 is 9.90 Å². The lowest BCUT2D eigenvalue weighted by Gasteiger charge is -2.19. The van der Waals surface area contributed by atoms with Crippen molar-refractivity contribution in [3.8, 4) is 0 Å². The van der Waals surface area contributed by atoms with E-state index in [1.807, 2.05) is 0 Å². The van der Waals surface area contributed by atoms with Gasteiger partial charge in [0.1, 0.15) is 0 Å². The van der Waals surface area contributed by atoms with Gasteiger partial charge in [-0.05, 0) is 24.8 Å². The molecule has 84 valence electrons. The van der Waals surface area contributed by atoms with Crippen molar-refractivity contribution in [1.82, 2.24) is 5.32 Å². The van der Waals surface area contributed by atoms with E-state index in [-0.39, 0.29) is 12.3 Å². The highest BCUT2D eigenvalue weighted by Crippen LogP contribution is 2.14. The summed E-state index contributed by atoms with van der Waals surface area (Å²) in [6.07, 6.45) is 1.25. The van der Waals surface area contributed by atoms with Crippen LogP contribution in [0.1, 0.15) is 40.5 Å². The molecule has 1 unspecified atom stereocenters. The van der Waals surface area contributed by atoms with Crippen LogP contribution in [0.15, 0.2) is 0 Å². The van der Waals surface area contributed by atoms with Gasteiger partial charge in [0, 0.05) is 12.5 Å². The van der Waals surface area contributed by atoms with Gasteiger partial charge in [-0.25, -0.2) is 0 Å². The zero-order valence-corrected chi connectivity index (χ0v) is 9.71. The minimum atomic E-state index is -0.693. The van der Waals surface area contributed by atoms with Gasteiger partial charge in [0.2, 0.25) is 0 Å². The molecular weight excluding hydrogens is 178 g/mol. The van der Waals surface area contributed by atoms with Crippen molar-refractivity contribution in [3.63, 3.8) is 0 Å². The summed E-state index contributed by atoms with van der Waals surface area (Å²) in [5.74, 6) is 0.129. The Labute approximate surface area is 86.9 Å². The van der Waals surface area contributed by atoms with E-state index in [1.165, 1.54) is 0 Å². The molecule has 0 saturated carbocycles. The van der Waals surface area contributed by atoms with Crippen LogP contribution in [-0.2, 0) is 4.79 Å². The van der Waals surface area contributed by atoms with E-state index >= 15 is 0 Å². The number of carboxylic acids is 1. The fraction of sp³-hybridized carbons (Fsp3) is 0.909. The van der Waals surface area contributed by atoms with Gasteiger partial charge in [-0.2, -0.15) is 0 Å². The Morgan fingerprint density at radius 2 is 1.86 bits per heavy atom. The summed E-state index contributed by atoms with van der Waals surface area (Å²) in [5, 5.41) is 12.0. The lowest BCUT2D eigenvalue weighted by Crippen LogP contribution is -2.30. The molecule has 14 heavy (non-hydrogen) atoms. The van der Waals surface area contributed by atoms with Crippen LogP contribution in [-0.4, -0.2) is 23.7 Å². The second kappa shape index (κ2) is 6.82. The van der Waals surface area contributed by atoms with Gasteiger partial charge in [0.05, 0.1) is 0 Å². The largest absolute Gasteiger partial charge is 0.481 e. The number of nitrogens with one attached hydrogen (secondary N) is 1. The normalized spacial score (nSPS) is 13.6. The fourth-order valence-corrected chi connectivity index (χ4v) is 1.55. The average Bonchev–Trinajstić information content (AvgIpc) is 1.97. The smallest absolute Gasteiger partial charge is 0.303 e. The van der Waals surface area contributed by atoms with E-state index in [2.05, 4.69) is 33.0 Å². The van der Waals surface area contributed by atoms with Crippen LogP contribution in [0.25, 0.3) is 0 Å². The molecule has 0 aliphatic carbocycles. The molecule has 0 aliphatic heterocycles. The van der Waals surface area contributed by atoms with Crippen LogP contribution in [0.2, 0.25) is 0 Å². The molecule has 0 aliphatic rings.